The number of hydrogen-bond donors (Lipinski definition) is 2. The number of nitrogens with one attached hydrogen (secondary N) is 1. The molecule has 3 atom stereocenters. The summed E-state index contributed by atoms with van der Waals surface area (Å²) in [6.45, 7) is 6.96. The van der Waals surface area contributed by atoms with Crippen LogP contribution in [0, 0.1) is 5.92 Å². The monoisotopic (exact) mass is 217 g/mol. The van der Waals surface area contributed by atoms with Gasteiger partial charge in [-0.2, -0.15) is 11.8 Å². The van der Waals surface area contributed by atoms with E-state index in [0.29, 0.717) is 18.0 Å². The van der Waals surface area contributed by atoms with E-state index >= 15 is 0 Å². The highest BCUT2D eigenvalue weighted by Gasteiger charge is 2.24. The second-order valence-electron chi connectivity index (χ2n) is 4.75. The number of aliphatic hydroxyl groups is 1. The molecule has 0 amide bonds. The SMILES string of the molecule is CC(C)CC(CO)NC1CSC(C)C1. The van der Waals surface area contributed by atoms with E-state index in [0.717, 1.165) is 11.7 Å². The first-order valence-electron chi connectivity index (χ1n) is 5.60. The van der Waals surface area contributed by atoms with E-state index in [9.17, 15) is 5.11 Å². The highest BCUT2D eigenvalue weighted by molar-refractivity contribution is 8.00. The van der Waals surface area contributed by atoms with E-state index in [1.54, 1.807) is 0 Å². The summed E-state index contributed by atoms with van der Waals surface area (Å²) in [4.78, 5) is 0. The van der Waals surface area contributed by atoms with Crippen molar-refractivity contribution in [3.05, 3.63) is 0 Å². The van der Waals surface area contributed by atoms with Crippen LogP contribution in [0.5, 0.6) is 0 Å². The van der Waals surface area contributed by atoms with Crippen molar-refractivity contribution in [1.82, 2.24) is 5.32 Å². The molecule has 1 aliphatic rings. The first-order valence-corrected chi connectivity index (χ1v) is 6.65. The lowest BCUT2D eigenvalue weighted by Gasteiger charge is -2.22. The summed E-state index contributed by atoms with van der Waals surface area (Å²) in [6.07, 6.45) is 2.32. The topological polar surface area (TPSA) is 32.3 Å². The van der Waals surface area contributed by atoms with Crippen molar-refractivity contribution < 1.29 is 5.11 Å². The zero-order chi connectivity index (χ0) is 10.6. The van der Waals surface area contributed by atoms with Crippen molar-refractivity contribution in [1.29, 1.82) is 0 Å². The minimum absolute atomic E-state index is 0.272. The van der Waals surface area contributed by atoms with E-state index in [1.165, 1.54) is 12.2 Å². The molecule has 2 nitrogen and oxygen atoms in total. The molecule has 0 bridgehead atoms. The Labute approximate surface area is 91.9 Å². The lowest BCUT2D eigenvalue weighted by molar-refractivity contribution is 0.215. The van der Waals surface area contributed by atoms with Crippen molar-refractivity contribution in [2.75, 3.05) is 12.4 Å². The number of thioether (sulfide) groups is 1. The van der Waals surface area contributed by atoms with Crippen LogP contribution in [-0.4, -0.2) is 34.8 Å². The van der Waals surface area contributed by atoms with Crippen LogP contribution in [0.25, 0.3) is 0 Å². The van der Waals surface area contributed by atoms with Crippen LogP contribution in [0.4, 0.5) is 0 Å². The molecule has 0 aromatic heterocycles. The Balaban J connectivity index is 2.26. The maximum Gasteiger partial charge on any atom is 0.0584 e. The van der Waals surface area contributed by atoms with Gasteiger partial charge in [0.25, 0.3) is 0 Å². The Bertz CT molecular complexity index is 163. The van der Waals surface area contributed by atoms with Gasteiger partial charge in [-0.05, 0) is 18.8 Å². The van der Waals surface area contributed by atoms with Gasteiger partial charge in [0.05, 0.1) is 6.61 Å². The molecule has 0 aromatic carbocycles. The van der Waals surface area contributed by atoms with E-state index in [2.05, 4.69) is 26.1 Å². The molecule has 0 aromatic rings. The summed E-state index contributed by atoms with van der Waals surface area (Å²) in [5, 5.41) is 13.6. The maximum atomic E-state index is 9.23. The standard InChI is InChI=1S/C11H23NOS/c1-8(2)4-10(6-13)12-11-5-9(3)14-7-11/h8-13H,4-7H2,1-3H3. The fourth-order valence-electron chi connectivity index (χ4n) is 2.03. The Morgan fingerprint density at radius 1 is 1.50 bits per heavy atom. The molecule has 84 valence electrons. The molecular formula is C11H23NOS. The van der Waals surface area contributed by atoms with Crippen LogP contribution in [0.1, 0.15) is 33.6 Å². The van der Waals surface area contributed by atoms with Crippen molar-refractivity contribution in [2.45, 2.75) is 50.9 Å². The summed E-state index contributed by atoms with van der Waals surface area (Å²) in [6, 6.07) is 0.914. The minimum Gasteiger partial charge on any atom is -0.395 e. The molecule has 0 spiro atoms. The lowest BCUT2D eigenvalue weighted by Crippen LogP contribution is -2.41. The molecule has 1 aliphatic heterocycles. The van der Waals surface area contributed by atoms with Gasteiger partial charge in [0.1, 0.15) is 0 Å². The van der Waals surface area contributed by atoms with Gasteiger partial charge in [0.2, 0.25) is 0 Å². The minimum atomic E-state index is 0.272. The highest BCUT2D eigenvalue weighted by Crippen LogP contribution is 2.26. The van der Waals surface area contributed by atoms with Crippen LogP contribution in [0.2, 0.25) is 0 Å². The van der Waals surface area contributed by atoms with E-state index in [-0.39, 0.29) is 6.61 Å². The average molecular weight is 217 g/mol. The third-order valence-electron chi connectivity index (χ3n) is 2.65. The van der Waals surface area contributed by atoms with Gasteiger partial charge >= 0.3 is 0 Å². The predicted molar refractivity (Wildman–Crippen MR) is 63.8 cm³/mol. The van der Waals surface area contributed by atoms with Crippen molar-refractivity contribution in [3.63, 3.8) is 0 Å². The fraction of sp³-hybridized carbons (Fsp3) is 1.00. The van der Waals surface area contributed by atoms with Crippen molar-refractivity contribution in [3.8, 4) is 0 Å². The van der Waals surface area contributed by atoms with E-state index in [1.807, 2.05) is 11.8 Å². The Hall–Kier alpha value is 0.270. The zero-order valence-electron chi connectivity index (χ0n) is 9.49. The summed E-state index contributed by atoms with van der Waals surface area (Å²) in [5.74, 6) is 1.86. The predicted octanol–water partition coefficient (Wildman–Crippen LogP) is 1.88. The second-order valence-corrected chi connectivity index (χ2v) is 6.22. The summed E-state index contributed by atoms with van der Waals surface area (Å²) in [5.41, 5.74) is 0. The molecule has 0 aliphatic carbocycles. The van der Waals surface area contributed by atoms with Crippen molar-refractivity contribution in [2.24, 2.45) is 5.92 Å². The third kappa shape index (κ3) is 4.20. The average Bonchev–Trinajstić information content (AvgIpc) is 2.49. The van der Waals surface area contributed by atoms with Crippen molar-refractivity contribution >= 4 is 11.8 Å². The van der Waals surface area contributed by atoms with E-state index < -0.39 is 0 Å². The normalized spacial score (nSPS) is 29.8. The zero-order valence-corrected chi connectivity index (χ0v) is 10.3. The van der Waals surface area contributed by atoms with Gasteiger partial charge in [-0.15, -0.1) is 0 Å². The van der Waals surface area contributed by atoms with Gasteiger partial charge in [0.15, 0.2) is 0 Å². The van der Waals surface area contributed by atoms with E-state index in [4.69, 9.17) is 0 Å². The summed E-state index contributed by atoms with van der Waals surface area (Å²) < 4.78 is 0. The lowest BCUT2D eigenvalue weighted by atomic mass is 10.0. The molecule has 14 heavy (non-hydrogen) atoms. The Morgan fingerprint density at radius 3 is 2.64 bits per heavy atom. The summed E-state index contributed by atoms with van der Waals surface area (Å²) in [7, 11) is 0. The molecule has 1 rings (SSSR count). The van der Waals surface area contributed by atoms with Gasteiger partial charge in [-0.25, -0.2) is 0 Å². The third-order valence-corrected chi connectivity index (χ3v) is 4.00. The molecule has 1 saturated heterocycles. The maximum absolute atomic E-state index is 9.23. The molecule has 1 fully saturated rings. The highest BCUT2D eigenvalue weighted by atomic mass is 32.2. The number of rotatable bonds is 5. The number of hydrogen-bond acceptors (Lipinski definition) is 3. The largest absolute Gasteiger partial charge is 0.395 e. The molecule has 3 unspecified atom stereocenters. The Kier molecular flexibility index (Phi) is 5.28. The first-order chi connectivity index (χ1) is 6.61. The molecule has 2 N–H and O–H groups in total. The first kappa shape index (κ1) is 12.3. The van der Waals surface area contributed by atoms with Gasteiger partial charge in [0, 0.05) is 23.1 Å². The van der Waals surface area contributed by atoms with Crippen LogP contribution in [-0.2, 0) is 0 Å². The second kappa shape index (κ2) is 5.99. The van der Waals surface area contributed by atoms with Gasteiger partial charge < -0.3 is 10.4 Å². The molecule has 3 heteroatoms. The smallest absolute Gasteiger partial charge is 0.0584 e. The fourth-order valence-corrected chi connectivity index (χ4v) is 3.19. The van der Waals surface area contributed by atoms with Crippen LogP contribution in [0.15, 0.2) is 0 Å². The van der Waals surface area contributed by atoms with Gasteiger partial charge in [-0.1, -0.05) is 20.8 Å². The van der Waals surface area contributed by atoms with Crippen LogP contribution < -0.4 is 5.32 Å². The van der Waals surface area contributed by atoms with Gasteiger partial charge in [-0.3, -0.25) is 0 Å². The van der Waals surface area contributed by atoms with Crippen LogP contribution in [0.3, 0.4) is 0 Å². The molecule has 0 saturated carbocycles. The molecular weight excluding hydrogens is 194 g/mol. The summed E-state index contributed by atoms with van der Waals surface area (Å²) >= 11 is 2.03. The number of aliphatic hydroxyl groups excluding tert-OH is 1. The molecule has 1 heterocycles. The molecule has 0 radical (unpaired) electrons. The Morgan fingerprint density at radius 2 is 2.21 bits per heavy atom. The van der Waals surface area contributed by atoms with Crippen LogP contribution >= 0.6 is 11.8 Å². The quantitative estimate of drug-likeness (QED) is 0.737.